The molecule has 1 aliphatic carbocycles. The predicted molar refractivity (Wildman–Crippen MR) is 125 cm³/mol. The standard InChI is InChI=1S/C26H27N3O3/c1-29(20-7-5-18(6-8-20)17-3-4-17)21-9-10-22-19(16-32-25(22)13-21)14-28-24-15-27-12-11-23(24)26(30)31-2/h5-13,15,17,19,28H,3-4,14,16H2,1-2H3/t19-/m1/s1. The van der Waals surface area contributed by atoms with Crippen LogP contribution in [-0.2, 0) is 4.74 Å². The minimum absolute atomic E-state index is 0.188. The topological polar surface area (TPSA) is 63.7 Å². The smallest absolute Gasteiger partial charge is 0.340 e. The Morgan fingerprint density at radius 2 is 1.94 bits per heavy atom. The molecule has 1 atom stereocenters. The number of methoxy groups -OCH3 is 1. The molecule has 0 bridgehead atoms. The number of esters is 1. The summed E-state index contributed by atoms with van der Waals surface area (Å²) in [5, 5.41) is 3.34. The summed E-state index contributed by atoms with van der Waals surface area (Å²) in [7, 11) is 3.46. The van der Waals surface area contributed by atoms with Crippen molar-refractivity contribution in [1.82, 2.24) is 4.98 Å². The lowest BCUT2D eigenvalue weighted by Gasteiger charge is -2.21. The normalized spacial score (nSPS) is 16.8. The number of hydrogen-bond acceptors (Lipinski definition) is 6. The first-order valence-electron chi connectivity index (χ1n) is 11.0. The van der Waals surface area contributed by atoms with Gasteiger partial charge < -0.3 is 19.7 Å². The molecular formula is C26H27N3O3. The second-order valence-corrected chi connectivity index (χ2v) is 8.45. The fourth-order valence-corrected chi connectivity index (χ4v) is 4.24. The third-order valence-electron chi connectivity index (χ3n) is 6.36. The third-order valence-corrected chi connectivity index (χ3v) is 6.36. The van der Waals surface area contributed by atoms with E-state index >= 15 is 0 Å². The highest BCUT2D eigenvalue weighted by atomic mass is 16.5. The van der Waals surface area contributed by atoms with Crippen molar-refractivity contribution in [3.63, 3.8) is 0 Å². The van der Waals surface area contributed by atoms with Gasteiger partial charge >= 0.3 is 5.97 Å². The Morgan fingerprint density at radius 1 is 1.16 bits per heavy atom. The van der Waals surface area contributed by atoms with Gasteiger partial charge in [0.15, 0.2) is 0 Å². The molecule has 6 nitrogen and oxygen atoms in total. The van der Waals surface area contributed by atoms with Crippen LogP contribution in [0.1, 0.15) is 46.2 Å². The van der Waals surface area contributed by atoms with E-state index in [0.717, 1.165) is 23.0 Å². The van der Waals surface area contributed by atoms with Crippen LogP contribution in [0.5, 0.6) is 5.75 Å². The Labute approximate surface area is 188 Å². The molecule has 164 valence electrons. The Kier molecular flexibility index (Phi) is 5.43. The lowest BCUT2D eigenvalue weighted by atomic mass is 10.0. The molecule has 0 unspecified atom stereocenters. The minimum Gasteiger partial charge on any atom is -0.493 e. The van der Waals surface area contributed by atoms with Gasteiger partial charge in [-0.15, -0.1) is 0 Å². The Hall–Kier alpha value is -3.54. The van der Waals surface area contributed by atoms with E-state index in [9.17, 15) is 4.79 Å². The summed E-state index contributed by atoms with van der Waals surface area (Å²) >= 11 is 0. The first-order chi connectivity index (χ1) is 15.6. The third kappa shape index (κ3) is 4.00. The van der Waals surface area contributed by atoms with Crippen molar-refractivity contribution < 1.29 is 14.3 Å². The monoisotopic (exact) mass is 429 g/mol. The predicted octanol–water partition coefficient (Wildman–Crippen LogP) is 5.10. The second kappa shape index (κ2) is 8.54. The molecule has 1 saturated carbocycles. The molecule has 0 radical (unpaired) electrons. The average Bonchev–Trinajstić information content (AvgIpc) is 3.62. The van der Waals surface area contributed by atoms with Crippen LogP contribution in [-0.4, -0.2) is 38.3 Å². The van der Waals surface area contributed by atoms with E-state index in [1.165, 1.54) is 31.1 Å². The summed E-state index contributed by atoms with van der Waals surface area (Å²) in [5.74, 6) is 1.49. The molecule has 5 rings (SSSR count). The molecule has 2 aromatic carbocycles. The van der Waals surface area contributed by atoms with Gasteiger partial charge in [0.25, 0.3) is 0 Å². The highest BCUT2D eigenvalue weighted by Gasteiger charge is 2.26. The summed E-state index contributed by atoms with van der Waals surface area (Å²) in [6.07, 6.45) is 5.87. The second-order valence-electron chi connectivity index (χ2n) is 8.45. The Morgan fingerprint density at radius 3 is 2.69 bits per heavy atom. The molecule has 2 aliphatic rings. The van der Waals surface area contributed by atoms with Crippen molar-refractivity contribution in [1.29, 1.82) is 0 Å². The number of hydrogen-bond donors (Lipinski definition) is 1. The van der Waals surface area contributed by atoms with E-state index in [1.54, 1.807) is 18.5 Å². The van der Waals surface area contributed by atoms with Crippen LogP contribution in [0.2, 0.25) is 0 Å². The molecule has 0 spiro atoms. The van der Waals surface area contributed by atoms with Crippen LogP contribution in [0.3, 0.4) is 0 Å². The van der Waals surface area contributed by atoms with Crippen molar-refractivity contribution in [3.8, 4) is 5.75 Å². The van der Waals surface area contributed by atoms with E-state index in [2.05, 4.69) is 64.7 Å². The fourth-order valence-electron chi connectivity index (χ4n) is 4.24. The molecule has 0 amide bonds. The Bertz CT molecular complexity index is 1130. The first-order valence-corrected chi connectivity index (χ1v) is 11.0. The van der Waals surface area contributed by atoms with Crippen LogP contribution in [0, 0.1) is 0 Å². The van der Waals surface area contributed by atoms with Gasteiger partial charge in [0.1, 0.15) is 5.75 Å². The molecule has 32 heavy (non-hydrogen) atoms. The van der Waals surface area contributed by atoms with E-state index in [0.29, 0.717) is 24.4 Å². The highest BCUT2D eigenvalue weighted by molar-refractivity contribution is 5.95. The van der Waals surface area contributed by atoms with Gasteiger partial charge in [-0.05, 0) is 48.6 Å². The molecule has 6 heteroatoms. The van der Waals surface area contributed by atoms with Crippen molar-refractivity contribution in [2.24, 2.45) is 0 Å². The quantitative estimate of drug-likeness (QED) is 0.527. The van der Waals surface area contributed by atoms with Crippen LogP contribution < -0.4 is 15.0 Å². The summed E-state index contributed by atoms with van der Waals surface area (Å²) in [6.45, 7) is 1.24. The number of carbonyl (C=O) groups excluding carboxylic acids is 1. The fraction of sp³-hybridized carbons (Fsp3) is 0.308. The lowest BCUT2D eigenvalue weighted by molar-refractivity contribution is 0.0601. The van der Waals surface area contributed by atoms with Gasteiger partial charge in [-0.1, -0.05) is 18.2 Å². The maximum absolute atomic E-state index is 12.0. The zero-order valence-electron chi connectivity index (χ0n) is 18.4. The number of rotatable bonds is 7. The Balaban J connectivity index is 1.28. The van der Waals surface area contributed by atoms with Crippen molar-refractivity contribution >= 4 is 23.0 Å². The van der Waals surface area contributed by atoms with E-state index < -0.39 is 0 Å². The maximum atomic E-state index is 12.0. The van der Waals surface area contributed by atoms with Gasteiger partial charge in [-0.3, -0.25) is 4.98 Å². The number of nitrogens with one attached hydrogen (secondary N) is 1. The molecule has 1 aromatic heterocycles. The zero-order valence-corrected chi connectivity index (χ0v) is 18.4. The summed E-state index contributed by atoms with van der Waals surface area (Å²) in [4.78, 5) is 18.3. The van der Waals surface area contributed by atoms with Gasteiger partial charge in [0.05, 0.1) is 31.2 Å². The van der Waals surface area contributed by atoms with Crippen molar-refractivity contribution in [3.05, 3.63) is 77.6 Å². The number of nitrogens with zero attached hydrogens (tertiary/aromatic N) is 2. The zero-order chi connectivity index (χ0) is 22.1. The number of carbonyl (C=O) groups is 1. The van der Waals surface area contributed by atoms with Crippen LogP contribution in [0.15, 0.2) is 60.9 Å². The number of fused-ring (bicyclic) bond motifs is 1. The lowest BCUT2D eigenvalue weighted by Crippen LogP contribution is -2.16. The first kappa shape index (κ1) is 20.4. The molecule has 1 fully saturated rings. The van der Waals surface area contributed by atoms with Gasteiger partial charge in [0.2, 0.25) is 0 Å². The van der Waals surface area contributed by atoms with E-state index in [-0.39, 0.29) is 11.9 Å². The van der Waals surface area contributed by atoms with Gasteiger partial charge in [0, 0.05) is 48.7 Å². The van der Waals surface area contributed by atoms with Crippen molar-refractivity contribution in [2.45, 2.75) is 24.7 Å². The SMILES string of the molecule is COC(=O)c1ccncc1NC[C@@H]1COc2cc(N(C)c3ccc(C4CC4)cc3)ccc21. The maximum Gasteiger partial charge on any atom is 0.340 e. The number of ether oxygens (including phenoxy) is 2. The van der Waals surface area contributed by atoms with Crippen molar-refractivity contribution in [2.75, 3.05) is 37.5 Å². The number of aromatic nitrogens is 1. The molecule has 2 heterocycles. The van der Waals surface area contributed by atoms with Gasteiger partial charge in [-0.25, -0.2) is 4.79 Å². The summed E-state index contributed by atoms with van der Waals surface area (Å²) in [5.41, 5.74) is 6.01. The summed E-state index contributed by atoms with van der Waals surface area (Å²) in [6, 6.07) is 16.9. The van der Waals surface area contributed by atoms with E-state index in [1.807, 2.05) is 0 Å². The largest absolute Gasteiger partial charge is 0.493 e. The highest BCUT2D eigenvalue weighted by Crippen LogP contribution is 2.41. The molecule has 1 aliphatic heterocycles. The number of anilines is 3. The number of benzene rings is 2. The molecule has 1 N–H and O–H groups in total. The molecular weight excluding hydrogens is 402 g/mol. The molecule has 3 aromatic rings. The van der Waals surface area contributed by atoms with Crippen LogP contribution in [0.25, 0.3) is 0 Å². The average molecular weight is 430 g/mol. The summed E-state index contributed by atoms with van der Waals surface area (Å²) < 4.78 is 10.9. The number of pyridine rings is 1. The minimum atomic E-state index is -0.379. The van der Waals surface area contributed by atoms with Gasteiger partial charge in [-0.2, -0.15) is 0 Å². The molecule has 0 saturated heterocycles. The van der Waals surface area contributed by atoms with Crippen LogP contribution in [0.4, 0.5) is 17.1 Å². The van der Waals surface area contributed by atoms with E-state index in [4.69, 9.17) is 9.47 Å². The van der Waals surface area contributed by atoms with Crippen LogP contribution >= 0.6 is 0 Å².